The molecule has 0 radical (unpaired) electrons. The molecular formula is C30H32O2S. The van der Waals surface area contributed by atoms with Crippen LogP contribution in [0.15, 0.2) is 47.4 Å². The van der Waals surface area contributed by atoms with Crippen molar-refractivity contribution in [3.05, 3.63) is 53.6 Å². The molecule has 3 aliphatic carbocycles. The van der Waals surface area contributed by atoms with Crippen LogP contribution in [0, 0.1) is 5.41 Å². The standard InChI is InChI=1S/C30H32O2S/c1-28(2)32-25-16-21-20(17-26(25)33-28)24(31)18-23-27(21)19-8-4-5-9-22(19)30(23)14-12-29(13-15-30)10-6-3-7-11-29/h4-5,8-9,16-18,31H,3,6-7,10-15H2,1-2H3. The van der Waals surface area contributed by atoms with Crippen LogP contribution in [0.1, 0.15) is 82.8 Å². The predicted molar refractivity (Wildman–Crippen MR) is 136 cm³/mol. The van der Waals surface area contributed by atoms with Crippen molar-refractivity contribution in [3.63, 3.8) is 0 Å². The fourth-order valence-corrected chi connectivity index (χ4v) is 8.64. The number of rotatable bonds is 0. The summed E-state index contributed by atoms with van der Waals surface area (Å²) < 4.78 is 6.28. The minimum absolute atomic E-state index is 0.0359. The van der Waals surface area contributed by atoms with E-state index in [-0.39, 0.29) is 10.3 Å². The number of phenols is 1. The molecule has 1 N–H and O–H groups in total. The molecule has 0 aromatic heterocycles. The SMILES string of the molecule is CC1(C)Oc2cc3c4c(cc(O)c3cc2S1)C1(CCC2(CCCCC2)CC1)c1ccccc1-4. The number of benzene rings is 3. The van der Waals surface area contributed by atoms with Crippen LogP contribution < -0.4 is 4.74 Å². The molecule has 1 heterocycles. The molecule has 0 unspecified atom stereocenters. The van der Waals surface area contributed by atoms with Gasteiger partial charge in [0.05, 0.1) is 4.90 Å². The van der Waals surface area contributed by atoms with Crippen LogP contribution in [-0.4, -0.2) is 10.0 Å². The van der Waals surface area contributed by atoms with Crippen molar-refractivity contribution in [3.8, 4) is 22.6 Å². The van der Waals surface area contributed by atoms with Gasteiger partial charge < -0.3 is 9.84 Å². The zero-order chi connectivity index (χ0) is 22.4. The molecule has 3 heteroatoms. The average Bonchev–Trinajstić information content (AvgIpc) is 3.26. The van der Waals surface area contributed by atoms with Gasteiger partial charge in [0, 0.05) is 10.8 Å². The third-order valence-electron chi connectivity index (χ3n) is 9.20. The molecule has 0 amide bonds. The lowest BCUT2D eigenvalue weighted by Crippen LogP contribution is -2.38. The molecule has 2 saturated carbocycles. The minimum atomic E-state index is -0.269. The summed E-state index contributed by atoms with van der Waals surface area (Å²) in [6, 6.07) is 15.5. The molecule has 4 aliphatic rings. The summed E-state index contributed by atoms with van der Waals surface area (Å²) in [6.07, 6.45) is 12.1. The van der Waals surface area contributed by atoms with Gasteiger partial charge in [-0.25, -0.2) is 0 Å². The van der Waals surface area contributed by atoms with Gasteiger partial charge in [0.15, 0.2) is 4.93 Å². The number of ether oxygens (including phenoxy) is 1. The first-order valence-electron chi connectivity index (χ1n) is 12.7. The maximum Gasteiger partial charge on any atom is 0.153 e. The number of hydrogen-bond acceptors (Lipinski definition) is 3. The van der Waals surface area contributed by atoms with E-state index in [2.05, 4.69) is 56.3 Å². The molecular weight excluding hydrogens is 424 g/mol. The lowest BCUT2D eigenvalue weighted by Gasteiger charge is -2.48. The van der Waals surface area contributed by atoms with E-state index in [1.807, 2.05) is 0 Å². The van der Waals surface area contributed by atoms with Gasteiger partial charge in [-0.3, -0.25) is 0 Å². The highest BCUT2D eigenvalue weighted by atomic mass is 32.2. The van der Waals surface area contributed by atoms with Crippen molar-refractivity contribution < 1.29 is 9.84 Å². The van der Waals surface area contributed by atoms with Crippen LogP contribution in [0.2, 0.25) is 0 Å². The second-order valence-electron chi connectivity index (χ2n) is 11.5. The van der Waals surface area contributed by atoms with Crippen LogP contribution in [-0.2, 0) is 5.41 Å². The van der Waals surface area contributed by atoms with Crippen LogP contribution >= 0.6 is 11.8 Å². The number of phenolic OH excluding ortho intramolecular Hbond substituents is 1. The molecule has 0 saturated heterocycles. The summed E-state index contributed by atoms with van der Waals surface area (Å²) in [5.41, 5.74) is 6.13. The quantitative estimate of drug-likeness (QED) is 0.367. The lowest BCUT2D eigenvalue weighted by molar-refractivity contribution is 0.0951. The normalized spacial score (nSPS) is 23.3. The number of thioether (sulfide) groups is 1. The van der Waals surface area contributed by atoms with Gasteiger partial charge in [-0.1, -0.05) is 55.3 Å². The summed E-state index contributed by atoms with van der Waals surface area (Å²) in [5.74, 6) is 1.37. The Kier molecular flexibility index (Phi) is 4.13. The molecule has 3 aromatic carbocycles. The third-order valence-corrected chi connectivity index (χ3v) is 10.3. The number of aromatic hydroxyl groups is 1. The van der Waals surface area contributed by atoms with E-state index in [0.29, 0.717) is 11.2 Å². The largest absolute Gasteiger partial charge is 0.507 e. The number of fused-ring (bicyclic) bond motifs is 8. The van der Waals surface area contributed by atoms with E-state index in [0.717, 1.165) is 21.4 Å². The van der Waals surface area contributed by atoms with E-state index in [9.17, 15) is 5.11 Å². The Hall–Kier alpha value is -2.13. The van der Waals surface area contributed by atoms with Crippen LogP contribution in [0.4, 0.5) is 0 Å². The molecule has 170 valence electrons. The van der Waals surface area contributed by atoms with E-state index in [1.165, 1.54) is 80.0 Å². The monoisotopic (exact) mass is 456 g/mol. The fraction of sp³-hybridized carbons (Fsp3) is 0.467. The van der Waals surface area contributed by atoms with Gasteiger partial charge in [0.2, 0.25) is 0 Å². The van der Waals surface area contributed by atoms with Crippen LogP contribution in [0.25, 0.3) is 21.9 Å². The first-order valence-corrected chi connectivity index (χ1v) is 13.5. The summed E-state index contributed by atoms with van der Waals surface area (Å²) in [4.78, 5) is 0.857. The second-order valence-corrected chi connectivity index (χ2v) is 13.1. The van der Waals surface area contributed by atoms with E-state index in [1.54, 1.807) is 11.8 Å². The zero-order valence-corrected chi connectivity index (χ0v) is 20.5. The molecule has 2 fully saturated rings. The van der Waals surface area contributed by atoms with Gasteiger partial charge in [-0.15, -0.1) is 0 Å². The van der Waals surface area contributed by atoms with Crippen LogP contribution in [0.3, 0.4) is 0 Å². The Morgan fingerprint density at radius 1 is 0.818 bits per heavy atom. The molecule has 1 aliphatic heterocycles. The topological polar surface area (TPSA) is 29.5 Å². The Morgan fingerprint density at radius 3 is 2.36 bits per heavy atom. The Labute approximate surface area is 200 Å². The second kappa shape index (κ2) is 6.72. The highest BCUT2D eigenvalue weighted by Gasteiger charge is 2.50. The van der Waals surface area contributed by atoms with Crippen molar-refractivity contribution in [1.29, 1.82) is 0 Å². The van der Waals surface area contributed by atoms with Crippen molar-refractivity contribution >= 4 is 22.5 Å². The lowest BCUT2D eigenvalue weighted by atomic mass is 9.56. The summed E-state index contributed by atoms with van der Waals surface area (Å²) in [6.45, 7) is 4.22. The summed E-state index contributed by atoms with van der Waals surface area (Å²) in [7, 11) is 0. The van der Waals surface area contributed by atoms with Crippen LogP contribution in [0.5, 0.6) is 11.5 Å². The highest BCUT2D eigenvalue weighted by molar-refractivity contribution is 8.00. The summed E-state index contributed by atoms with van der Waals surface area (Å²) in [5, 5.41) is 13.4. The number of hydrogen-bond donors (Lipinski definition) is 1. The van der Waals surface area contributed by atoms with Gasteiger partial charge in [0.1, 0.15) is 11.5 Å². The third kappa shape index (κ3) is 2.81. The molecule has 2 spiro atoms. The minimum Gasteiger partial charge on any atom is -0.507 e. The van der Waals surface area contributed by atoms with Crippen molar-refractivity contribution in [2.24, 2.45) is 5.41 Å². The molecule has 2 nitrogen and oxygen atoms in total. The molecule has 3 aromatic rings. The maximum atomic E-state index is 11.3. The first kappa shape index (κ1) is 20.3. The fourth-order valence-electron chi connectivity index (χ4n) is 7.60. The van der Waals surface area contributed by atoms with Crippen molar-refractivity contribution in [2.75, 3.05) is 0 Å². The van der Waals surface area contributed by atoms with Gasteiger partial charge >= 0.3 is 0 Å². The molecule has 0 atom stereocenters. The maximum absolute atomic E-state index is 11.3. The predicted octanol–water partition coefficient (Wildman–Crippen LogP) is 8.56. The highest BCUT2D eigenvalue weighted by Crippen LogP contribution is 2.63. The first-order chi connectivity index (χ1) is 15.9. The van der Waals surface area contributed by atoms with Gasteiger partial charge in [-0.2, -0.15) is 0 Å². The van der Waals surface area contributed by atoms with Crippen molar-refractivity contribution in [1.82, 2.24) is 0 Å². The van der Waals surface area contributed by atoms with E-state index < -0.39 is 0 Å². The van der Waals surface area contributed by atoms with E-state index >= 15 is 0 Å². The molecule has 33 heavy (non-hydrogen) atoms. The Morgan fingerprint density at radius 2 is 1.58 bits per heavy atom. The Balaban J connectivity index is 1.43. The average molecular weight is 457 g/mol. The molecule has 7 rings (SSSR count). The smallest absolute Gasteiger partial charge is 0.153 e. The van der Waals surface area contributed by atoms with Gasteiger partial charge in [0.25, 0.3) is 0 Å². The zero-order valence-electron chi connectivity index (χ0n) is 19.7. The van der Waals surface area contributed by atoms with Crippen molar-refractivity contribution in [2.45, 2.75) is 86.9 Å². The summed E-state index contributed by atoms with van der Waals surface area (Å²) >= 11 is 1.74. The van der Waals surface area contributed by atoms with E-state index in [4.69, 9.17) is 4.74 Å². The Bertz CT molecular complexity index is 1290. The van der Waals surface area contributed by atoms with Gasteiger partial charge in [-0.05, 0) is 104 Å². The molecule has 0 bridgehead atoms.